The number of hydrogen-bond donors (Lipinski definition) is 1. The minimum absolute atomic E-state index is 0.106. The van der Waals surface area contributed by atoms with Gasteiger partial charge in [0, 0.05) is 0 Å². The highest BCUT2D eigenvalue weighted by Gasteiger charge is 2.15. The SMILES string of the molecule is COC(=O)c1cc(F)cc2[nH]c(Br)nc12. The number of esters is 1. The van der Waals surface area contributed by atoms with Crippen LogP contribution in [0.15, 0.2) is 16.9 Å². The molecule has 2 rings (SSSR count). The second-order valence-electron chi connectivity index (χ2n) is 2.87. The van der Waals surface area contributed by atoms with Crippen molar-refractivity contribution < 1.29 is 13.9 Å². The fraction of sp³-hybridized carbons (Fsp3) is 0.111. The summed E-state index contributed by atoms with van der Waals surface area (Å²) in [7, 11) is 1.24. The molecule has 1 aromatic heterocycles. The van der Waals surface area contributed by atoms with E-state index in [1.807, 2.05) is 0 Å². The summed E-state index contributed by atoms with van der Waals surface area (Å²) in [5.41, 5.74) is 0.937. The third-order valence-corrected chi connectivity index (χ3v) is 2.30. The van der Waals surface area contributed by atoms with Gasteiger partial charge in [0.2, 0.25) is 0 Å². The molecule has 0 radical (unpaired) electrons. The van der Waals surface area contributed by atoms with Crippen LogP contribution in [-0.2, 0) is 4.74 Å². The molecule has 15 heavy (non-hydrogen) atoms. The summed E-state index contributed by atoms with van der Waals surface area (Å²) in [6.07, 6.45) is 0. The van der Waals surface area contributed by atoms with E-state index in [1.54, 1.807) is 0 Å². The van der Waals surface area contributed by atoms with Gasteiger partial charge in [-0.3, -0.25) is 0 Å². The molecule has 0 bridgehead atoms. The molecule has 0 aliphatic carbocycles. The van der Waals surface area contributed by atoms with Crippen molar-refractivity contribution in [2.24, 2.45) is 0 Å². The zero-order valence-electron chi connectivity index (χ0n) is 7.67. The molecular formula is C9H6BrFN2O2. The Bertz CT molecular complexity index is 538. The van der Waals surface area contributed by atoms with Crippen molar-refractivity contribution in [3.8, 4) is 0 Å². The standard InChI is InChI=1S/C9H6BrFN2O2/c1-15-8(14)5-2-4(11)3-6-7(5)13-9(10)12-6/h2-3H,1H3,(H,12,13). The van der Waals surface area contributed by atoms with E-state index >= 15 is 0 Å². The zero-order chi connectivity index (χ0) is 11.0. The first-order valence-electron chi connectivity index (χ1n) is 4.05. The second kappa shape index (κ2) is 3.62. The van der Waals surface area contributed by atoms with E-state index in [9.17, 15) is 9.18 Å². The molecule has 1 aromatic carbocycles. The largest absolute Gasteiger partial charge is 0.465 e. The van der Waals surface area contributed by atoms with Crippen LogP contribution >= 0.6 is 15.9 Å². The van der Waals surface area contributed by atoms with Crippen LogP contribution in [0, 0.1) is 5.82 Å². The molecule has 1 heterocycles. The molecule has 0 saturated carbocycles. The summed E-state index contributed by atoms with van der Waals surface area (Å²) in [5, 5.41) is 0. The number of H-pyrrole nitrogens is 1. The van der Waals surface area contributed by atoms with Gasteiger partial charge in [0.05, 0.1) is 18.2 Å². The molecule has 6 heteroatoms. The van der Waals surface area contributed by atoms with Crippen molar-refractivity contribution in [2.75, 3.05) is 7.11 Å². The number of benzene rings is 1. The van der Waals surface area contributed by atoms with E-state index in [0.717, 1.165) is 6.07 Å². The Labute approximate surface area is 92.6 Å². The van der Waals surface area contributed by atoms with Gasteiger partial charge in [-0.1, -0.05) is 0 Å². The Hall–Kier alpha value is -1.43. The van der Waals surface area contributed by atoms with Crippen LogP contribution in [0.2, 0.25) is 0 Å². The molecule has 0 amide bonds. The Morgan fingerprint density at radius 1 is 1.60 bits per heavy atom. The molecule has 1 N–H and O–H groups in total. The topological polar surface area (TPSA) is 55.0 Å². The van der Waals surface area contributed by atoms with Crippen molar-refractivity contribution >= 4 is 32.9 Å². The fourth-order valence-electron chi connectivity index (χ4n) is 1.32. The van der Waals surface area contributed by atoms with E-state index in [4.69, 9.17) is 0 Å². The smallest absolute Gasteiger partial charge is 0.340 e. The van der Waals surface area contributed by atoms with Gasteiger partial charge in [0.25, 0.3) is 0 Å². The molecule has 0 fully saturated rings. The first-order chi connectivity index (χ1) is 7.11. The number of fused-ring (bicyclic) bond motifs is 1. The van der Waals surface area contributed by atoms with E-state index in [2.05, 4.69) is 30.6 Å². The number of methoxy groups -OCH3 is 1. The van der Waals surface area contributed by atoms with Gasteiger partial charge in [-0.05, 0) is 28.1 Å². The van der Waals surface area contributed by atoms with Crippen LogP contribution in [0.4, 0.5) is 4.39 Å². The molecule has 78 valence electrons. The van der Waals surface area contributed by atoms with E-state index in [1.165, 1.54) is 13.2 Å². The maximum absolute atomic E-state index is 13.1. The number of halogens is 2. The third-order valence-electron chi connectivity index (χ3n) is 1.93. The molecule has 0 spiro atoms. The van der Waals surface area contributed by atoms with E-state index in [0.29, 0.717) is 15.8 Å². The van der Waals surface area contributed by atoms with Gasteiger partial charge >= 0.3 is 5.97 Å². The van der Waals surface area contributed by atoms with Crippen LogP contribution < -0.4 is 0 Å². The predicted molar refractivity (Wildman–Crippen MR) is 55.1 cm³/mol. The Morgan fingerprint density at radius 3 is 3.00 bits per heavy atom. The summed E-state index contributed by atoms with van der Waals surface area (Å²) in [5.74, 6) is -1.13. The quantitative estimate of drug-likeness (QED) is 0.811. The molecule has 0 unspecified atom stereocenters. The summed E-state index contributed by atoms with van der Waals surface area (Å²) >= 11 is 3.11. The molecule has 0 atom stereocenters. The molecule has 0 aliphatic rings. The number of rotatable bonds is 1. The van der Waals surface area contributed by atoms with Crippen molar-refractivity contribution in [3.05, 3.63) is 28.2 Å². The lowest BCUT2D eigenvalue weighted by Gasteiger charge is -1.99. The zero-order valence-corrected chi connectivity index (χ0v) is 9.26. The highest BCUT2D eigenvalue weighted by atomic mass is 79.9. The molecule has 0 aliphatic heterocycles. The van der Waals surface area contributed by atoms with Crippen LogP contribution in [-0.4, -0.2) is 23.0 Å². The maximum atomic E-state index is 13.1. The van der Waals surface area contributed by atoms with Gasteiger partial charge in [-0.25, -0.2) is 14.2 Å². The summed E-state index contributed by atoms with van der Waals surface area (Å²) in [6, 6.07) is 2.36. The van der Waals surface area contributed by atoms with Crippen molar-refractivity contribution in [3.63, 3.8) is 0 Å². The Morgan fingerprint density at radius 2 is 2.33 bits per heavy atom. The minimum atomic E-state index is -0.612. The number of carbonyl (C=O) groups excluding carboxylic acids is 1. The van der Waals surface area contributed by atoms with Gasteiger partial charge in [0.15, 0.2) is 4.73 Å². The predicted octanol–water partition coefficient (Wildman–Crippen LogP) is 2.25. The fourth-order valence-corrected chi connectivity index (χ4v) is 1.71. The normalized spacial score (nSPS) is 10.6. The van der Waals surface area contributed by atoms with Crippen LogP contribution in [0.25, 0.3) is 11.0 Å². The third kappa shape index (κ3) is 1.72. The highest BCUT2D eigenvalue weighted by molar-refractivity contribution is 9.10. The molecule has 2 aromatic rings. The lowest BCUT2D eigenvalue weighted by atomic mass is 10.2. The van der Waals surface area contributed by atoms with Crippen molar-refractivity contribution in [1.29, 1.82) is 0 Å². The van der Waals surface area contributed by atoms with Gasteiger partial charge in [-0.15, -0.1) is 0 Å². The van der Waals surface area contributed by atoms with Crippen molar-refractivity contribution in [2.45, 2.75) is 0 Å². The van der Waals surface area contributed by atoms with Crippen LogP contribution in [0.3, 0.4) is 0 Å². The van der Waals surface area contributed by atoms with Crippen LogP contribution in [0.1, 0.15) is 10.4 Å². The lowest BCUT2D eigenvalue weighted by molar-refractivity contribution is 0.0602. The number of aromatic nitrogens is 2. The van der Waals surface area contributed by atoms with Crippen molar-refractivity contribution in [1.82, 2.24) is 9.97 Å². The molecule has 4 nitrogen and oxygen atoms in total. The Kier molecular flexibility index (Phi) is 2.44. The number of nitrogens with one attached hydrogen (secondary N) is 1. The maximum Gasteiger partial charge on any atom is 0.340 e. The Balaban J connectivity index is 2.75. The monoisotopic (exact) mass is 272 g/mol. The van der Waals surface area contributed by atoms with Gasteiger partial charge in [-0.2, -0.15) is 0 Å². The first kappa shape index (κ1) is 10.1. The van der Waals surface area contributed by atoms with E-state index < -0.39 is 11.8 Å². The first-order valence-corrected chi connectivity index (χ1v) is 4.84. The van der Waals surface area contributed by atoms with Crippen LogP contribution in [0.5, 0.6) is 0 Å². The summed E-state index contributed by atoms with van der Waals surface area (Å²) in [4.78, 5) is 18.1. The minimum Gasteiger partial charge on any atom is -0.465 e. The number of imidazole rings is 1. The number of aromatic amines is 1. The highest BCUT2D eigenvalue weighted by Crippen LogP contribution is 2.21. The number of carbonyl (C=O) groups is 1. The summed E-state index contributed by atoms with van der Waals surface area (Å²) < 4.78 is 18.1. The average molecular weight is 273 g/mol. The van der Waals surface area contributed by atoms with Gasteiger partial charge in [0.1, 0.15) is 11.3 Å². The number of ether oxygens (including phenoxy) is 1. The second-order valence-corrected chi connectivity index (χ2v) is 3.62. The van der Waals surface area contributed by atoms with Gasteiger partial charge < -0.3 is 9.72 Å². The average Bonchev–Trinajstić information content (AvgIpc) is 2.55. The molecule has 0 saturated heterocycles. The number of hydrogen-bond acceptors (Lipinski definition) is 3. The lowest BCUT2D eigenvalue weighted by Crippen LogP contribution is -2.02. The molecular weight excluding hydrogens is 267 g/mol. The number of nitrogens with zero attached hydrogens (tertiary/aromatic N) is 1. The summed E-state index contributed by atoms with van der Waals surface area (Å²) in [6.45, 7) is 0. The van der Waals surface area contributed by atoms with E-state index in [-0.39, 0.29) is 5.56 Å².